The molecule has 0 spiro atoms. The van der Waals surface area contributed by atoms with Gasteiger partial charge in [0.2, 0.25) is 0 Å². The Hall–Kier alpha value is -0.266. The maximum Gasteiger partial charge on any atom is 4.00 e. The molecule has 0 bridgehead atoms. The van der Waals surface area contributed by atoms with E-state index in [0.717, 1.165) is 45.1 Å². The molecule has 22 heavy (non-hydrogen) atoms. The third-order valence-electron chi connectivity index (χ3n) is 1.84. The van der Waals surface area contributed by atoms with E-state index in [1.807, 2.05) is 41.5 Å². The van der Waals surface area contributed by atoms with Crippen molar-refractivity contribution in [2.45, 2.75) is 48.5 Å². The Balaban J connectivity index is -0.0000000973. The topological polar surface area (TPSA) is 82.2 Å². The summed E-state index contributed by atoms with van der Waals surface area (Å²) in [6.07, 6.45) is 1.43. The average molecular weight is 346 g/mol. The number of aromatic nitrogens is 3. The SMILES string of the molecule is CC[N-]CC.CC[N-]CC.CC[N-]CC.Cc1nc[n-]n1.[Ti+4]. The van der Waals surface area contributed by atoms with Crippen LogP contribution in [0.2, 0.25) is 0 Å². The van der Waals surface area contributed by atoms with Crippen LogP contribution in [0.4, 0.5) is 0 Å². The number of hydrogen-bond donors (Lipinski definition) is 0. The van der Waals surface area contributed by atoms with Crippen LogP contribution >= 0.6 is 0 Å². The van der Waals surface area contributed by atoms with Crippen molar-refractivity contribution in [2.24, 2.45) is 0 Å². The van der Waals surface area contributed by atoms with Gasteiger partial charge in [-0.25, -0.2) is 0 Å². The van der Waals surface area contributed by atoms with E-state index < -0.39 is 0 Å². The monoisotopic (exact) mass is 346 g/mol. The van der Waals surface area contributed by atoms with Crippen LogP contribution in [0.5, 0.6) is 0 Å². The van der Waals surface area contributed by atoms with Gasteiger partial charge in [-0.2, -0.15) is 39.3 Å². The van der Waals surface area contributed by atoms with Crippen molar-refractivity contribution in [1.82, 2.24) is 15.2 Å². The van der Waals surface area contributed by atoms with E-state index in [4.69, 9.17) is 0 Å². The number of hydrogen-bond acceptors (Lipinski definition) is 2. The van der Waals surface area contributed by atoms with Gasteiger partial charge in [-0.1, -0.05) is 47.9 Å². The van der Waals surface area contributed by atoms with Crippen molar-refractivity contribution < 1.29 is 21.7 Å². The molecule has 0 N–H and O–H groups in total. The van der Waals surface area contributed by atoms with Crippen molar-refractivity contribution in [3.63, 3.8) is 0 Å². The van der Waals surface area contributed by atoms with Gasteiger partial charge in [-0.15, -0.1) is 0 Å². The molecule has 0 aliphatic rings. The molecular weight excluding hydrogens is 312 g/mol. The van der Waals surface area contributed by atoms with Gasteiger partial charge in [0.05, 0.1) is 0 Å². The summed E-state index contributed by atoms with van der Waals surface area (Å²) in [4.78, 5) is 3.69. The Morgan fingerprint density at radius 3 is 1.14 bits per heavy atom. The van der Waals surface area contributed by atoms with Crippen LogP contribution in [0.1, 0.15) is 47.4 Å². The Labute approximate surface area is 152 Å². The van der Waals surface area contributed by atoms with Gasteiger partial charge in [0, 0.05) is 5.82 Å². The number of nitrogens with zero attached hydrogens (tertiary/aromatic N) is 6. The van der Waals surface area contributed by atoms with E-state index in [1.54, 1.807) is 6.92 Å². The maximum absolute atomic E-state index is 3.97. The Bertz CT molecular complexity index is 212. The van der Waals surface area contributed by atoms with Gasteiger partial charge in [-0.05, 0) is 6.92 Å². The summed E-state index contributed by atoms with van der Waals surface area (Å²) < 4.78 is 0. The fourth-order valence-electron chi connectivity index (χ4n) is 0.915. The molecule has 0 aliphatic heterocycles. The second kappa shape index (κ2) is 32.6. The van der Waals surface area contributed by atoms with Crippen molar-refractivity contribution in [3.8, 4) is 0 Å². The Kier molecular flexibility index (Phi) is 44.0. The van der Waals surface area contributed by atoms with Crippen molar-refractivity contribution in [3.05, 3.63) is 28.1 Å². The molecule has 7 heteroatoms. The quantitative estimate of drug-likeness (QED) is 0.732. The van der Waals surface area contributed by atoms with Gasteiger partial charge in [0.25, 0.3) is 0 Å². The van der Waals surface area contributed by atoms with E-state index in [-0.39, 0.29) is 21.7 Å². The van der Waals surface area contributed by atoms with Crippen LogP contribution in [0.3, 0.4) is 0 Å². The van der Waals surface area contributed by atoms with E-state index in [9.17, 15) is 0 Å². The first-order valence-corrected chi connectivity index (χ1v) is 7.80. The molecule has 128 valence electrons. The molecule has 0 fully saturated rings. The Morgan fingerprint density at radius 1 is 0.773 bits per heavy atom. The summed E-state index contributed by atoms with van der Waals surface area (Å²) in [5, 5.41) is 18.9. The predicted molar refractivity (Wildman–Crippen MR) is 93.4 cm³/mol. The first kappa shape index (κ1) is 29.7. The molecule has 1 heterocycles. The normalized spacial score (nSPS) is 8.14. The molecule has 0 saturated carbocycles. The van der Waals surface area contributed by atoms with Crippen LogP contribution in [-0.2, 0) is 21.7 Å². The molecule has 0 radical (unpaired) electrons. The zero-order valence-corrected chi connectivity index (χ0v) is 17.1. The third kappa shape index (κ3) is 42.7. The number of rotatable bonds is 6. The van der Waals surface area contributed by atoms with Gasteiger partial charge in [-0.3, -0.25) is 5.10 Å². The van der Waals surface area contributed by atoms with Gasteiger partial charge in [0.15, 0.2) is 0 Å². The fraction of sp³-hybridized carbons (Fsp3) is 0.867. The average Bonchev–Trinajstić information content (AvgIpc) is 2.95. The molecule has 1 rings (SSSR count). The van der Waals surface area contributed by atoms with Crippen LogP contribution in [0.25, 0.3) is 16.0 Å². The molecular formula is C15H34N6Ti. The predicted octanol–water partition coefficient (Wildman–Crippen LogP) is 3.94. The minimum absolute atomic E-state index is 0. The van der Waals surface area contributed by atoms with Gasteiger partial charge >= 0.3 is 21.7 Å². The van der Waals surface area contributed by atoms with E-state index >= 15 is 0 Å². The maximum atomic E-state index is 3.97. The van der Waals surface area contributed by atoms with Crippen LogP contribution < -0.4 is 5.10 Å². The van der Waals surface area contributed by atoms with Crippen LogP contribution in [0, 0.1) is 6.92 Å². The Morgan fingerprint density at radius 2 is 1.09 bits per heavy atom. The molecule has 0 unspecified atom stereocenters. The minimum Gasteiger partial charge on any atom is -0.663 e. The number of aryl methyl sites for hydroxylation is 1. The minimum atomic E-state index is 0. The van der Waals surface area contributed by atoms with E-state index in [0.29, 0.717) is 0 Å². The van der Waals surface area contributed by atoms with Crippen LogP contribution in [-0.4, -0.2) is 49.4 Å². The third-order valence-corrected chi connectivity index (χ3v) is 1.84. The fourth-order valence-corrected chi connectivity index (χ4v) is 0.915. The molecule has 0 atom stereocenters. The van der Waals surface area contributed by atoms with E-state index in [1.165, 1.54) is 6.33 Å². The van der Waals surface area contributed by atoms with Crippen molar-refractivity contribution >= 4 is 0 Å². The summed E-state index contributed by atoms with van der Waals surface area (Å²) in [6, 6.07) is 0. The van der Waals surface area contributed by atoms with Gasteiger partial charge < -0.3 is 26.0 Å². The summed E-state index contributed by atoms with van der Waals surface area (Å²) in [5.41, 5.74) is 0. The summed E-state index contributed by atoms with van der Waals surface area (Å²) in [5.74, 6) is 0.731. The molecule has 0 saturated heterocycles. The van der Waals surface area contributed by atoms with Crippen molar-refractivity contribution in [1.29, 1.82) is 0 Å². The first-order chi connectivity index (χ1) is 10.1. The smallest absolute Gasteiger partial charge is 0.663 e. The largest absolute Gasteiger partial charge is 4.00 e. The second-order valence-corrected chi connectivity index (χ2v) is 3.58. The molecule has 0 aromatic carbocycles. The first-order valence-electron chi connectivity index (χ1n) is 7.80. The zero-order chi connectivity index (χ0) is 16.8. The molecule has 0 amide bonds. The van der Waals surface area contributed by atoms with Crippen LogP contribution in [0.15, 0.2) is 6.33 Å². The molecule has 0 aliphatic carbocycles. The molecule has 6 nitrogen and oxygen atoms in total. The molecule has 1 aromatic heterocycles. The van der Waals surface area contributed by atoms with Gasteiger partial charge in [0.1, 0.15) is 0 Å². The van der Waals surface area contributed by atoms with Crippen molar-refractivity contribution in [2.75, 3.05) is 39.3 Å². The van der Waals surface area contributed by atoms with E-state index in [2.05, 4.69) is 31.1 Å². The standard InChI is InChI=1S/3C4H10N.C3H4N3.Ti/c3*1-3-5-4-2;1-3-4-2-5-6-3;/h3*3-4H2,1-2H3;2H,1H3;/q4*-1;+4. The molecule has 1 aromatic rings. The summed E-state index contributed by atoms with van der Waals surface area (Å²) in [7, 11) is 0. The second-order valence-electron chi connectivity index (χ2n) is 3.58. The zero-order valence-electron chi connectivity index (χ0n) is 15.5. The summed E-state index contributed by atoms with van der Waals surface area (Å²) >= 11 is 0. The summed E-state index contributed by atoms with van der Waals surface area (Å²) in [6.45, 7) is 19.9.